The predicted molar refractivity (Wildman–Crippen MR) is 124 cm³/mol. The number of aliphatic carboxylic acids is 1. The van der Waals surface area contributed by atoms with E-state index in [1.165, 1.54) is 0 Å². The van der Waals surface area contributed by atoms with Gasteiger partial charge in [0.15, 0.2) is 0 Å². The number of carbonyl (C=O) groups is 3. The zero-order chi connectivity index (χ0) is 23.5. The van der Waals surface area contributed by atoms with E-state index in [0.717, 1.165) is 28.7 Å². The molecule has 4 unspecified atom stereocenters. The van der Waals surface area contributed by atoms with Crippen molar-refractivity contribution < 1.29 is 24.2 Å². The van der Waals surface area contributed by atoms with Gasteiger partial charge in [0.2, 0.25) is 5.91 Å². The third kappa shape index (κ3) is 4.87. The largest absolute Gasteiger partial charge is 0.481 e. The van der Waals surface area contributed by atoms with E-state index in [9.17, 15) is 14.4 Å². The minimum absolute atomic E-state index is 0.00200. The molecule has 7 heteroatoms. The first-order valence-electron chi connectivity index (χ1n) is 11.5. The van der Waals surface area contributed by atoms with Crippen LogP contribution in [0.5, 0.6) is 0 Å². The molecule has 2 aliphatic carbocycles. The molecule has 2 amide bonds. The van der Waals surface area contributed by atoms with Crippen molar-refractivity contribution in [3.05, 3.63) is 59.7 Å². The van der Waals surface area contributed by atoms with Crippen LogP contribution in [-0.4, -0.2) is 41.8 Å². The third-order valence-electron chi connectivity index (χ3n) is 7.08. The van der Waals surface area contributed by atoms with Crippen molar-refractivity contribution >= 4 is 18.0 Å². The fourth-order valence-corrected chi connectivity index (χ4v) is 4.82. The fraction of sp³-hybridized carbons (Fsp3) is 0.423. The number of amides is 2. The Bertz CT molecular complexity index is 1010. The molecule has 2 aromatic carbocycles. The summed E-state index contributed by atoms with van der Waals surface area (Å²) in [5.41, 5.74) is 4.45. The lowest BCUT2D eigenvalue weighted by Gasteiger charge is -2.41. The van der Waals surface area contributed by atoms with Crippen LogP contribution >= 0.6 is 0 Å². The monoisotopic (exact) mass is 450 g/mol. The maximum Gasteiger partial charge on any atom is 0.407 e. The van der Waals surface area contributed by atoms with Gasteiger partial charge in [0.25, 0.3) is 0 Å². The van der Waals surface area contributed by atoms with Crippen LogP contribution in [0.15, 0.2) is 48.5 Å². The van der Waals surface area contributed by atoms with Gasteiger partial charge in [-0.2, -0.15) is 0 Å². The Balaban J connectivity index is 1.39. The highest BCUT2D eigenvalue weighted by Gasteiger charge is 2.37. The minimum atomic E-state index is -1.02. The van der Waals surface area contributed by atoms with Gasteiger partial charge < -0.3 is 20.5 Å². The predicted octanol–water partition coefficient (Wildman–Crippen LogP) is 3.92. The second-order valence-electron chi connectivity index (χ2n) is 9.14. The number of carboxylic acids is 1. The van der Waals surface area contributed by atoms with Gasteiger partial charge in [0.1, 0.15) is 12.6 Å². The van der Waals surface area contributed by atoms with Crippen molar-refractivity contribution in [1.29, 1.82) is 0 Å². The van der Waals surface area contributed by atoms with Gasteiger partial charge in [-0.1, -0.05) is 62.4 Å². The van der Waals surface area contributed by atoms with E-state index in [2.05, 4.69) is 36.6 Å². The van der Waals surface area contributed by atoms with Crippen LogP contribution in [0.2, 0.25) is 0 Å². The number of carbonyl (C=O) groups excluding carboxylic acids is 2. The van der Waals surface area contributed by atoms with E-state index in [-0.39, 0.29) is 37.3 Å². The number of benzene rings is 2. The number of rotatable bonds is 8. The van der Waals surface area contributed by atoms with E-state index < -0.39 is 18.1 Å². The standard InChI is InChI=1S/C26H30N2O5/c1-15-13-23(16(15)2)27-25(31)22(11-12-24(29)30)28-26(32)33-14-21-19-9-5-3-7-17(19)18-8-4-6-10-20(18)21/h3-10,15-16,21-23H,11-14H2,1-2H3,(H,27,31)(H,28,32)(H,29,30). The molecule has 3 N–H and O–H groups in total. The Morgan fingerprint density at radius 3 is 2.18 bits per heavy atom. The maximum atomic E-state index is 12.8. The van der Waals surface area contributed by atoms with Crippen LogP contribution in [-0.2, 0) is 14.3 Å². The first-order chi connectivity index (χ1) is 15.8. The van der Waals surface area contributed by atoms with Crippen molar-refractivity contribution in [3.63, 3.8) is 0 Å². The van der Waals surface area contributed by atoms with Crippen molar-refractivity contribution in [2.45, 2.75) is 51.1 Å². The molecule has 0 saturated heterocycles. The zero-order valence-corrected chi connectivity index (χ0v) is 18.9. The van der Waals surface area contributed by atoms with Gasteiger partial charge in [-0.25, -0.2) is 4.79 Å². The maximum absolute atomic E-state index is 12.8. The number of alkyl carbamates (subject to hydrolysis) is 1. The Morgan fingerprint density at radius 1 is 1.03 bits per heavy atom. The van der Waals surface area contributed by atoms with Crippen molar-refractivity contribution in [1.82, 2.24) is 10.6 Å². The Morgan fingerprint density at radius 2 is 1.64 bits per heavy atom. The van der Waals surface area contributed by atoms with Gasteiger partial charge >= 0.3 is 12.1 Å². The molecule has 2 aliphatic rings. The second-order valence-corrected chi connectivity index (χ2v) is 9.14. The molecule has 0 aliphatic heterocycles. The summed E-state index contributed by atoms with van der Waals surface area (Å²) in [7, 11) is 0. The first-order valence-corrected chi connectivity index (χ1v) is 11.5. The first kappa shape index (κ1) is 22.8. The normalized spacial score (nSPS) is 21.8. The lowest BCUT2D eigenvalue weighted by atomic mass is 9.71. The summed E-state index contributed by atoms with van der Waals surface area (Å²) >= 11 is 0. The lowest BCUT2D eigenvalue weighted by Crippen LogP contribution is -2.56. The highest BCUT2D eigenvalue weighted by Crippen LogP contribution is 2.44. The number of fused-ring (bicyclic) bond motifs is 3. The van der Waals surface area contributed by atoms with Crippen molar-refractivity contribution in [2.75, 3.05) is 6.61 Å². The molecule has 0 radical (unpaired) electrons. The quantitative estimate of drug-likeness (QED) is 0.565. The van der Waals surface area contributed by atoms with Crippen LogP contribution in [0, 0.1) is 11.8 Å². The third-order valence-corrected chi connectivity index (χ3v) is 7.08. The number of ether oxygens (including phenoxy) is 1. The molecule has 0 spiro atoms. The summed E-state index contributed by atoms with van der Waals surface area (Å²) in [6.07, 6.45) is -0.0680. The van der Waals surface area contributed by atoms with Crippen LogP contribution in [0.3, 0.4) is 0 Å². The zero-order valence-electron chi connectivity index (χ0n) is 18.9. The number of hydrogen-bond donors (Lipinski definition) is 3. The molecule has 0 heterocycles. The summed E-state index contributed by atoms with van der Waals surface area (Å²) < 4.78 is 5.53. The van der Waals surface area contributed by atoms with E-state index in [1.54, 1.807) is 0 Å². The highest BCUT2D eigenvalue weighted by molar-refractivity contribution is 5.86. The molecule has 174 valence electrons. The molecule has 0 bridgehead atoms. The summed E-state index contributed by atoms with van der Waals surface area (Å²) in [6, 6.07) is 15.2. The summed E-state index contributed by atoms with van der Waals surface area (Å²) in [5.74, 6) is -0.598. The smallest absolute Gasteiger partial charge is 0.407 e. The molecule has 2 aromatic rings. The molecule has 1 fully saturated rings. The van der Waals surface area contributed by atoms with Crippen molar-refractivity contribution in [3.8, 4) is 11.1 Å². The Labute approximate surface area is 193 Å². The summed E-state index contributed by atoms with van der Waals surface area (Å²) in [4.78, 5) is 36.4. The van der Waals surface area contributed by atoms with Gasteiger partial charge in [-0.05, 0) is 46.9 Å². The number of nitrogens with one attached hydrogen (secondary N) is 2. The van der Waals surface area contributed by atoms with Crippen LogP contribution in [0.25, 0.3) is 11.1 Å². The van der Waals surface area contributed by atoms with Gasteiger partial charge in [-0.3, -0.25) is 9.59 Å². The van der Waals surface area contributed by atoms with Crippen LogP contribution in [0.4, 0.5) is 4.79 Å². The molecule has 33 heavy (non-hydrogen) atoms. The molecule has 7 nitrogen and oxygen atoms in total. The lowest BCUT2D eigenvalue weighted by molar-refractivity contribution is -0.137. The van der Waals surface area contributed by atoms with Gasteiger partial charge in [0.05, 0.1) is 0 Å². The van der Waals surface area contributed by atoms with Crippen LogP contribution in [0.1, 0.15) is 50.2 Å². The minimum Gasteiger partial charge on any atom is -0.481 e. The Hall–Kier alpha value is -3.35. The van der Waals surface area contributed by atoms with E-state index in [4.69, 9.17) is 9.84 Å². The van der Waals surface area contributed by atoms with Crippen molar-refractivity contribution in [2.24, 2.45) is 11.8 Å². The van der Waals surface area contributed by atoms with E-state index in [0.29, 0.717) is 11.8 Å². The Kier molecular flexibility index (Phi) is 6.67. The topological polar surface area (TPSA) is 105 Å². The average molecular weight is 451 g/mol. The SMILES string of the molecule is CC1CC(NC(=O)C(CCC(=O)O)NC(=O)OCC2c3ccccc3-c3ccccc32)C1C. The number of hydrogen-bond acceptors (Lipinski definition) is 4. The molecule has 1 saturated carbocycles. The van der Waals surface area contributed by atoms with E-state index >= 15 is 0 Å². The van der Waals surface area contributed by atoms with Crippen LogP contribution < -0.4 is 10.6 Å². The number of carboxylic acid groups (broad SMARTS) is 1. The summed E-state index contributed by atoms with van der Waals surface area (Å²) in [6.45, 7) is 4.33. The molecule has 4 rings (SSSR count). The van der Waals surface area contributed by atoms with Gasteiger partial charge in [-0.15, -0.1) is 0 Å². The molecular weight excluding hydrogens is 420 g/mol. The average Bonchev–Trinajstić information content (AvgIpc) is 3.13. The van der Waals surface area contributed by atoms with E-state index in [1.807, 2.05) is 36.4 Å². The fourth-order valence-electron chi connectivity index (χ4n) is 4.82. The second kappa shape index (κ2) is 9.65. The molecular formula is C26H30N2O5. The molecule has 0 aromatic heterocycles. The summed E-state index contributed by atoms with van der Waals surface area (Å²) in [5, 5.41) is 14.6. The van der Waals surface area contributed by atoms with Gasteiger partial charge in [0, 0.05) is 18.4 Å². The molecule has 4 atom stereocenters. The highest BCUT2D eigenvalue weighted by atomic mass is 16.5.